The van der Waals surface area contributed by atoms with E-state index in [2.05, 4.69) is 47.6 Å². The van der Waals surface area contributed by atoms with Crippen molar-refractivity contribution in [3.63, 3.8) is 0 Å². The average Bonchev–Trinajstić information content (AvgIpc) is 2.14. The van der Waals surface area contributed by atoms with Gasteiger partial charge < -0.3 is 0 Å². The topological polar surface area (TPSA) is 0 Å². The third-order valence-corrected chi connectivity index (χ3v) is 4.36. The van der Waals surface area contributed by atoms with E-state index in [4.69, 9.17) is 6.58 Å². The van der Waals surface area contributed by atoms with Crippen molar-refractivity contribution in [3.05, 3.63) is 29.7 Å². The number of hydrogen-bond donors (Lipinski definition) is 0. The zero-order valence-corrected chi connectivity index (χ0v) is 27.6. The molecule has 0 aromatic rings. The van der Waals surface area contributed by atoms with Crippen molar-refractivity contribution in [2.24, 2.45) is 11.8 Å². The molecule has 20 heavy (non-hydrogen) atoms. The molecule has 0 radical (unpaired) electrons. The normalized spacial score (nSPS) is 10.2. The van der Waals surface area contributed by atoms with Gasteiger partial charge >= 0.3 is 134 Å². The van der Waals surface area contributed by atoms with Gasteiger partial charge in [0, 0.05) is 63.2 Å². The van der Waals surface area contributed by atoms with E-state index in [9.17, 15) is 0 Å². The molecule has 0 amide bonds. The molecule has 0 rings (SSSR count). The van der Waals surface area contributed by atoms with Crippen molar-refractivity contribution < 1.29 is 104 Å². The Morgan fingerprint density at radius 2 is 1.45 bits per heavy atom. The molecule has 0 heterocycles. The minimum Gasteiger partial charge on any atom is 0 e. The van der Waals surface area contributed by atoms with Crippen LogP contribution in [0.15, 0.2) is 11.1 Å². The summed E-state index contributed by atoms with van der Waals surface area (Å²) in [6, 6.07) is 0. The van der Waals surface area contributed by atoms with Crippen LogP contribution in [0.5, 0.6) is 0 Å². The quantitative estimate of drug-likeness (QED) is 0.278. The summed E-state index contributed by atoms with van der Waals surface area (Å²) in [7, 11) is 0. The molecule has 0 aliphatic carbocycles. The Morgan fingerprint density at radius 3 is 1.70 bits per heavy atom. The third kappa shape index (κ3) is 15.7. The molecule has 0 aromatic carbocycles. The van der Waals surface area contributed by atoms with Gasteiger partial charge in [-0.3, -0.25) is 0 Å². The molecular formula is C15H23W5-. The van der Waals surface area contributed by atoms with Gasteiger partial charge in [0.1, 0.15) is 0 Å². The molecule has 0 fully saturated rings. The molecule has 0 spiro atoms. The second-order valence-corrected chi connectivity index (χ2v) is 6.70. The van der Waals surface area contributed by atoms with Crippen LogP contribution < -0.4 is 0 Å². The zero-order chi connectivity index (χ0) is 12.9. The standard InChI is InChI=1S/C15H23.5W/c1-11(2)8-9-15(10-12(3)4)14(7)13(5)6;;;;;/h7,11,13H,10H2,1-6H3;;;;;/q-3;;;;;+2. The average molecular weight is 1120 g/mol. The first-order valence-electron chi connectivity index (χ1n) is 5.84. The number of rotatable bonds is 6. The smallest absolute Gasteiger partial charge is 0 e. The summed E-state index contributed by atoms with van der Waals surface area (Å²) in [6.07, 6.45) is 4.47. The maximum Gasteiger partial charge on any atom is 2.00 e. The molecule has 0 nitrogen and oxygen atoms in total. The van der Waals surface area contributed by atoms with Crippen molar-refractivity contribution in [3.8, 4) is 0 Å². The monoisotopic (exact) mass is 1120 g/mol. The summed E-state index contributed by atoms with van der Waals surface area (Å²) in [4.78, 5) is 0. The van der Waals surface area contributed by atoms with Gasteiger partial charge in [-0.15, -0.1) is 0 Å². The number of hydrogen-bond acceptors (Lipinski definition) is 0. The van der Waals surface area contributed by atoms with Crippen LogP contribution in [0.25, 0.3) is 0 Å². The van der Waals surface area contributed by atoms with Gasteiger partial charge in [-0.25, -0.2) is 0 Å². The molecule has 0 bridgehead atoms. The molecule has 0 aliphatic rings. The molecule has 0 unspecified atom stereocenters. The van der Waals surface area contributed by atoms with Gasteiger partial charge in [0.05, 0.1) is 0 Å². The molecule has 114 valence electrons. The van der Waals surface area contributed by atoms with Crippen LogP contribution in [0.1, 0.15) is 48.0 Å². The van der Waals surface area contributed by atoms with Crippen molar-refractivity contribution in [1.29, 1.82) is 0 Å². The van der Waals surface area contributed by atoms with Gasteiger partial charge in [0.25, 0.3) is 0 Å². The van der Waals surface area contributed by atoms with E-state index < -0.39 is 0 Å². The van der Waals surface area contributed by atoms with Gasteiger partial charge in [-0.05, 0) is 0 Å². The Morgan fingerprint density at radius 1 is 1.05 bits per heavy atom. The van der Waals surface area contributed by atoms with E-state index in [1.807, 2.05) is 0 Å². The van der Waals surface area contributed by atoms with Crippen molar-refractivity contribution in [1.82, 2.24) is 0 Å². The van der Waals surface area contributed by atoms with Gasteiger partial charge in [-0.2, -0.15) is 0 Å². The van der Waals surface area contributed by atoms with Crippen LogP contribution in [-0.4, -0.2) is 3.90 Å². The van der Waals surface area contributed by atoms with E-state index in [0.717, 1.165) is 12.0 Å². The van der Waals surface area contributed by atoms with E-state index in [-0.39, 0.29) is 84.3 Å². The SMILES string of the molecule is [CH-]=C(C(=[C-][C](=[W])C(C)C)C[C-](C)C)C(C)C.[W+2].[W].[W].[W]. The molecule has 0 atom stereocenters. The Kier molecular flexibility index (Phi) is 31.0. The van der Waals surface area contributed by atoms with E-state index >= 15 is 0 Å². The van der Waals surface area contributed by atoms with Crippen LogP contribution >= 0.6 is 0 Å². The Labute approximate surface area is 194 Å². The Bertz CT molecular complexity index is 291. The van der Waals surface area contributed by atoms with Crippen molar-refractivity contribution in [2.45, 2.75) is 48.0 Å². The molecule has 0 aliphatic heterocycles. The second kappa shape index (κ2) is 18.1. The summed E-state index contributed by atoms with van der Waals surface area (Å²) in [5, 5.41) is 0. The van der Waals surface area contributed by atoms with Crippen molar-refractivity contribution in [2.75, 3.05) is 0 Å². The molecule has 0 saturated heterocycles. The largest absolute Gasteiger partial charge is 2.00 e. The van der Waals surface area contributed by atoms with Crippen LogP contribution in [0.4, 0.5) is 0 Å². The maximum atomic E-state index is 6.16. The Balaban J connectivity index is -0.000000187. The van der Waals surface area contributed by atoms with E-state index in [1.54, 1.807) is 0 Å². The minimum atomic E-state index is 0. The summed E-state index contributed by atoms with van der Waals surface area (Å²) in [5.41, 5.74) is 2.18. The van der Waals surface area contributed by atoms with Gasteiger partial charge in [-0.1, -0.05) is 0 Å². The summed E-state index contributed by atoms with van der Waals surface area (Å²) < 4.78 is 1.36. The second-order valence-electron chi connectivity index (χ2n) is 5.12. The fourth-order valence-electron chi connectivity index (χ4n) is 1.21. The van der Waals surface area contributed by atoms with Crippen LogP contribution in [0, 0.1) is 30.4 Å². The molecule has 5 heteroatoms. The van der Waals surface area contributed by atoms with Crippen LogP contribution in [0.2, 0.25) is 0 Å². The molecular weight excluding hydrogens is 1100 g/mol. The molecule has 0 saturated carbocycles. The predicted molar refractivity (Wildman–Crippen MR) is 68.5 cm³/mol. The molecule has 0 aromatic heterocycles. The summed E-state index contributed by atoms with van der Waals surface area (Å²) in [5.74, 6) is 2.36. The molecule has 0 N–H and O–H groups in total. The minimum absolute atomic E-state index is 0. The van der Waals surface area contributed by atoms with Gasteiger partial charge in [0.2, 0.25) is 0 Å². The predicted octanol–water partition coefficient (Wildman–Crippen LogP) is 4.10. The summed E-state index contributed by atoms with van der Waals surface area (Å²) in [6.45, 7) is 19.1. The van der Waals surface area contributed by atoms with E-state index in [1.165, 1.54) is 34.7 Å². The van der Waals surface area contributed by atoms with Crippen LogP contribution in [0.3, 0.4) is 0 Å². The summed E-state index contributed by atoms with van der Waals surface area (Å²) >= 11 is 1.49. The van der Waals surface area contributed by atoms with E-state index in [0.29, 0.717) is 11.8 Å². The van der Waals surface area contributed by atoms with Crippen LogP contribution in [-0.2, 0) is 104 Å². The fraction of sp³-hybridized carbons (Fsp3) is 0.600. The van der Waals surface area contributed by atoms with Crippen molar-refractivity contribution >= 4 is 3.90 Å². The maximum absolute atomic E-state index is 6.16. The third-order valence-electron chi connectivity index (χ3n) is 2.30. The number of allylic oxidation sites excluding steroid dienone is 3. The first-order chi connectivity index (χ1) is 7.25. The fourth-order valence-corrected chi connectivity index (χ4v) is 1.66. The Hall–Kier alpha value is 2.79. The first-order valence-corrected chi connectivity index (χ1v) is 7.30. The zero-order valence-electron chi connectivity index (χ0n) is 13.0. The van der Waals surface area contributed by atoms with Gasteiger partial charge in [0.15, 0.2) is 0 Å². The first kappa shape index (κ1) is 34.2.